The number of nitrogens with zero attached hydrogens (tertiary/aromatic N) is 1. The molecule has 0 atom stereocenters. The molecule has 3 rings (SSSR count). The zero-order valence-corrected chi connectivity index (χ0v) is 15.1. The van der Waals surface area contributed by atoms with E-state index in [2.05, 4.69) is 16.3 Å². The first-order valence-corrected chi connectivity index (χ1v) is 8.82. The SMILES string of the molecule is Cl.O=C(N1CCCNCC1)C1(Cc2cccc(Cl)c2)CCCC1. The van der Waals surface area contributed by atoms with Crippen LogP contribution in [0.5, 0.6) is 0 Å². The second-order valence-electron chi connectivity index (χ2n) is 6.69. The van der Waals surface area contributed by atoms with Crippen molar-refractivity contribution in [1.29, 1.82) is 0 Å². The number of nitrogens with one attached hydrogen (secondary N) is 1. The third-order valence-corrected chi connectivity index (χ3v) is 5.31. The van der Waals surface area contributed by atoms with E-state index < -0.39 is 0 Å². The minimum atomic E-state index is -0.199. The lowest BCUT2D eigenvalue weighted by atomic mass is 9.78. The quantitative estimate of drug-likeness (QED) is 0.895. The summed E-state index contributed by atoms with van der Waals surface area (Å²) in [7, 11) is 0. The number of benzene rings is 1. The van der Waals surface area contributed by atoms with Crippen molar-refractivity contribution in [2.75, 3.05) is 26.2 Å². The van der Waals surface area contributed by atoms with Gasteiger partial charge in [-0.1, -0.05) is 36.6 Å². The molecular weight excluding hydrogens is 331 g/mol. The summed E-state index contributed by atoms with van der Waals surface area (Å²) in [5, 5.41) is 4.14. The minimum absolute atomic E-state index is 0. The van der Waals surface area contributed by atoms with Gasteiger partial charge < -0.3 is 10.2 Å². The Hall–Kier alpha value is -0.770. The molecule has 1 amide bonds. The molecule has 1 aliphatic carbocycles. The zero-order chi connectivity index (χ0) is 15.4. The molecule has 5 heteroatoms. The van der Waals surface area contributed by atoms with Crippen LogP contribution in [-0.2, 0) is 11.2 Å². The Balaban J connectivity index is 0.00000192. The van der Waals surface area contributed by atoms with Crippen LogP contribution in [0, 0.1) is 5.41 Å². The molecule has 0 radical (unpaired) electrons. The van der Waals surface area contributed by atoms with E-state index in [4.69, 9.17) is 11.6 Å². The van der Waals surface area contributed by atoms with E-state index in [0.29, 0.717) is 5.91 Å². The van der Waals surface area contributed by atoms with Crippen LogP contribution in [-0.4, -0.2) is 37.0 Å². The number of hydrogen-bond donors (Lipinski definition) is 1. The number of carbonyl (C=O) groups excluding carboxylic acids is 1. The van der Waals surface area contributed by atoms with Gasteiger partial charge in [0.25, 0.3) is 0 Å². The van der Waals surface area contributed by atoms with Crippen LogP contribution in [0.4, 0.5) is 0 Å². The Morgan fingerprint density at radius 3 is 2.70 bits per heavy atom. The van der Waals surface area contributed by atoms with Crippen molar-refractivity contribution in [2.45, 2.75) is 38.5 Å². The van der Waals surface area contributed by atoms with Gasteiger partial charge in [-0.2, -0.15) is 0 Å². The van der Waals surface area contributed by atoms with Gasteiger partial charge in [0.1, 0.15) is 0 Å². The molecule has 0 unspecified atom stereocenters. The van der Waals surface area contributed by atoms with Gasteiger partial charge in [-0.3, -0.25) is 4.79 Å². The number of hydrogen-bond acceptors (Lipinski definition) is 2. The summed E-state index contributed by atoms with van der Waals surface area (Å²) < 4.78 is 0. The molecule has 0 bridgehead atoms. The molecule has 23 heavy (non-hydrogen) atoms. The lowest BCUT2D eigenvalue weighted by molar-refractivity contribution is -0.141. The predicted molar refractivity (Wildman–Crippen MR) is 97.4 cm³/mol. The van der Waals surface area contributed by atoms with Crippen molar-refractivity contribution in [3.63, 3.8) is 0 Å². The summed E-state index contributed by atoms with van der Waals surface area (Å²) in [4.78, 5) is 15.3. The molecule has 1 aromatic rings. The molecule has 128 valence electrons. The lowest BCUT2D eigenvalue weighted by Crippen LogP contribution is -2.45. The summed E-state index contributed by atoms with van der Waals surface area (Å²) in [6, 6.07) is 8.00. The highest BCUT2D eigenvalue weighted by atomic mass is 35.5. The van der Waals surface area contributed by atoms with Crippen molar-refractivity contribution in [2.24, 2.45) is 5.41 Å². The molecule has 1 aromatic carbocycles. The van der Waals surface area contributed by atoms with Gasteiger partial charge >= 0.3 is 0 Å². The molecule has 1 heterocycles. The Morgan fingerprint density at radius 1 is 1.17 bits per heavy atom. The summed E-state index contributed by atoms with van der Waals surface area (Å²) in [5.41, 5.74) is 0.991. The number of amides is 1. The first kappa shape index (κ1) is 18.6. The maximum atomic E-state index is 13.2. The zero-order valence-electron chi connectivity index (χ0n) is 13.5. The summed E-state index contributed by atoms with van der Waals surface area (Å²) in [6.45, 7) is 3.67. The number of rotatable bonds is 3. The van der Waals surface area contributed by atoms with Crippen molar-refractivity contribution < 1.29 is 4.79 Å². The van der Waals surface area contributed by atoms with Crippen molar-refractivity contribution in [1.82, 2.24) is 10.2 Å². The first-order chi connectivity index (χ1) is 10.7. The van der Waals surface area contributed by atoms with Gasteiger partial charge in [0.2, 0.25) is 5.91 Å². The van der Waals surface area contributed by atoms with Gasteiger partial charge in [-0.05, 0) is 49.9 Å². The second kappa shape index (κ2) is 8.36. The summed E-state index contributed by atoms with van der Waals surface area (Å²) >= 11 is 6.12. The lowest BCUT2D eigenvalue weighted by Gasteiger charge is -2.34. The van der Waals surface area contributed by atoms with Crippen LogP contribution < -0.4 is 5.32 Å². The summed E-state index contributed by atoms with van der Waals surface area (Å²) in [5.74, 6) is 0.369. The molecule has 1 saturated carbocycles. The molecule has 2 aliphatic rings. The molecule has 1 saturated heterocycles. The van der Waals surface area contributed by atoms with Gasteiger partial charge in [-0.15, -0.1) is 12.4 Å². The normalized spacial score (nSPS) is 20.7. The van der Waals surface area contributed by atoms with E-state index in [0.717, 1.165) is 56.9 Å². The van der Waals surface area contributed by atoms with Gasteiger partial charge in [0.15, 0.2) is 0 Å². The van der Waals surface area contributed by atoms with Crippen LogP contribution in [0.2, 0.25) is 5.02 Å². The van der Waals surface area contributed by atoms with Crippen molar-refractivity contribution in [3.05, 3.63) is 34.9 Å². The molecule has 1 N–H and O–H groups in total. The molecule has 0 aromatic heterocycles. The van der Waals surface area contributed by atoms with Gasteiger partial charge in [0, 0.05) is 24.7 Å². The molecule has 1 aliphatic heterocycles. The molecule has 0 spiro atoms. The van der Waals surface area contributed by atoms with E-state index in [1.165, 1.54) is 18.4 Å². The van der Waals surface area contributed by atoms with E-state index in [1.807, 2.05) is 18.2 Å². The Morgan fingerprint density at radius 2 is 1.96 bits per heavy atom. The maximum absolute atomic E-state index is 13.2. The number of carbonyl (C=O) groups is 1. The third kappa shape index (κ3) is 4.40. The van der Waals surface area contributed by atoms with Crippen LogP contribution in [0.1, 0.15) is 37.7 Å². The Kier molecular flexibility index (Phi) is 6.75. The fraction of sp³-hybridized carbons (Fsp3) is 0.611. The molecule has 3 nitrogen and oxygen atoms in total. The monoisotopic (exact) mass is 356 g/mol. The maximum Gasteiger partial charge on any atom is 0.229 e. The van der Waals surface area contributed by atoms with Crippen LogP contribution in [0.25, 0.3) is 0 Å². The van der Waals surface area contributed by atoms with E-state index in [-0.39, 0.29) is 17.8 Å². The molecule has 2 fully saturated rings. The average Bonchev–Trinajstić information content (AvgIpc) is 2.82. The topological polar surface area (TPSA) is 32.3 Å². The van der Waals surface area contributed by atoms with Crippen LogP contribution in [0.3, 0.4) is 0 Å². The van der Waals surface area contributed by atoms with E-state index in [1.54, 1.807) is 0 Å². The van der Waals surface area contributed by atoms with Gasteiger partial charge in [-0.25, -0.2) is 0 Å². The third-order valence-electron chi connectivity index (χ3n) is 5.07. The highest BCUT2D eigenvalue weighted by molar-refractivity contribution is 6.30. The minimum Gasteiger partial charge on any atom is -0.341 e. The van der Waals surface area contributed by atoms with Crippen LogP contribution >= 0.6 is 24.0 Å². The van der Waals surface area contributed by atoms with Crippen molar-refractivity contribution >= 4 is 29.9 Å². The highest BCUT2D eigenvalue weighted by Crippen LogP contribution is 2.43. The fourth-order valence-electron chi connectivity index (χ4n) is 3.94. The van der Waals surface area contributed by atoms with E-state index >= 15 is 0 Å². The predicted octanol–water partition coefficient (Wildman–Crippen LogP) is 3.69. The standard InChI is InChI=1S/C18H25ClN2O.ClH/c19-16-6-3-5-15(13-16)14-18(7-1-2-8-18)17(22)21-11-4-9-20-10-12-21;/h3,5-6,13,20H,1-2,4,7-12,14H2;1H. The highest BCUT2D eigenvalue weighted by Gasteiger charge is 2.43. The largest absolute Gasteiger partial charge is 0.341 e. The first-order valence-electron chi connectivity index (χ1n) is 8.44. The van der Waals surface area contributed by atoms with Crippen molar-refractivity contribution in [3.8, 4) is 0 Å². The molecular formula is C18H26Cl2N2O. The average molecular weight is 357 g/mol. The van der Waals surface area contributed by atoms with Crippen LogP contribution in [0.15, 0.2) is 24.3 Å². The second-order valence-corrected chi connectivity index (χ2v) is 7.13. The van der Waals surface area contributed by atoms with E-state index in [9.17, 15) is 4.79 Å². The number of halogens is 2. The smallest absolute Gasteiger partial charge is 0.229 e. The Labute approximate surface area is 150 Å². The van der Waals surface area contributed by atoms with Gasteiger partial charge in [0.05, 0.1) is 5.41 Å². The fourth-order valence-corrected chi connectivity index (χ4v) is 4.15. The Bertz CT molecular complexity index is 522. The summed E-state index contributed by atoms with van der Waals surface area (Å²) in [6.07, 6.45) is 6.25.